The van der Waals surface area contributed by atoms with Crippen LogP contribution >= 0.6 is 0 Å². The monoisotopic (exact) mass is 348 g/mol. The third-order valence-electron chi connectivity index (χ3n) is 5.79. The second-order valence-corrected chi connectivity index (χ2v) is 7.77. The van der Waals surface area contributed by atoms with Gasteiger partial charge in [0.2, 0.25) is 0 Å². The zero-order valence-electron chi connectivity index (χ0n) is 15.5. The number of amides is 1. The van der Waals surface area contributed by atoms with Crippen molar-refractivity contribution in [3.05, 3.63) is 0 Å². The lowest BCUT2D eigenvalue weighted by Gasteiger charge is -2.31. The molecule has 1 amide bonds. The molecule has 0 aromatic heterocycles. The largest absolute Gasteiger partial charge is 0.455 e. The summed E-state index contributed by atoms with van der Waals surface area (Å²) in [7, 11) is 0. The van der Waals surface area contributed by atoms with Gasteiger partial charge in [-0.1, -0.05) is 45.4 Å². The van der Waals surface area contributed by atoms with Crippen LogP contribution in [0.2, 0.25) is 0 Å². The second kappa shape index (κ2) is 9.79. The van der Waals surface area contributed by atoms with Crippen molar-refractivity contribution in [1.29, 1.82) is 5.26 Å². The minimum Gasteiger partial charge on any atom is -0.455 e. The van der Waals surface area contributed by atoms with Crippen molar-refractivity contribution in [2.24, 2.45) is 11.8 Å². The first kappa shape index (κ1) is 19.8. The quantitative estimate of drug-likeness (QED) is 0.708. The number of rotatable bonds is 7. The summed E-state index contributed by atoms with van der Waals surface area (Å²) in [5.74, 6) is 0.0755. The molecule has 25 heavy (non-hydrogen) atoms. The van der Waals surface area contributed by atoms with Crippen LogP contribution < -0.4 is 5.32 Å². The summed E-state index contributed by atoms with van der Waals surface area (Å²) in [5, 5.41) is 12.2. The van der Waals surface area contributed by atoms with Crippen molar-refractivity contribution in [2.45, 2.75) is 89.5 Å². The Labute approximate surface area is 151 Å². The van der Waals surface area contributed by atoms with Crippen LogP contribution in [0, 0.1) is 23.2 Å². The summed E-state index contributed by atoms with van der Waals surface area (Å²) in [4.78, 5) is 24.3. The van der Waals surface area contributed by atoms with Crippen molar-refractivity contribution in [3.8, 4) is 6.07 Å². The number of carbonyl (C=O) groups excluding carboxylic acids is 2. The van der Waals surface area contributed by atoms with E-state index in [1.54, 1.807) is 0 Å². The van der Waals surface area contributed by atoms with Gasteiger partial charge < -0.3 is 10.1 Å². The van der Waals surface area contributed by atoms with E-state index in [0.29, 0.717) is 12.8 Å². The van der Waals surface area contributed by atoms with E-state index in [1.807, 2.05) is 0 Å². The Morgan fingerprint density at radius 1 is 1.16 bits per heavy atom. The summed E-state index contributed by atoms with van der Waals surface area (Å²) in [5.41, 5.74) is -0.765. The van der Waals surface area contributed by atoms with Gasteiger partial charge in [-0.3, -0.25) is 9.59 Å². The van der Waals surface area contributed by atoms with Gasteiger partial charge >= 0.3 is 5.97 Å². The van der Waals surface area contributed by atoms with E-state index in [-0.39, 0.29) is 24.4 Å². The summed E-state index contributed by atoms with van der Waals surface area (Å²) >= 11 is 0. The highest BCUT2D eigenvalue weighted by atomic mass is 16.5. The first-order valence-electron chi connectivity index (χ1n) is 9.97. The zero-order valence-corrected chi connectivity index (χ0v) is 15.5. The lowest BCUT2D eigenvalue weighted by Crippen LogP contribution is -2.50. The first-order valence-corrected chi connectivity index (χ1v) is 9.97. The first-order chi connectivity index (χ1) is 12.1. The van der Waals surface area contributed by atoms with Gasteiger partial charge in [0.15, 0.2) is 6.61 Å². The molecule has 140 valence electrons. The Morgan fingerprint density at radius 3 is 2.44 bits per heavy atom. The maximum absolute atomic E-state index is 12.2. The van der Waals surface area contributed by atoms with Crippen molar-refractivity contribution < 1.29 is 14.3 Å². The number of ether oxygens (including phenoxy) is 1. The average molecular weight is 348 g/mol. The summed E-state index contributed by atoms with van der Waals surface area (Å²) in [6.07, 6.45) is 12.1. The Bertz CT molecular complexity index is 484. The standard InChI is InChI=1S/C20H32N2O3/c1-2-3-7-16-8-10-17(11-9-16)19(24)25-14-18(23)22-20(15-21)12-5-4-6-13-20/h16-17H,2-14H2,1H3,(H,22,23). The van der Waals surface area contributed by atoms with E-state index in [0.717, 1.165) is 50.9 Å². The van der Waals surface area contributed by atoms with Crippen LogP contribution in [0.15, 0.2) is 0 Å². The van der Waals surface area contributed by atoms with Crippen molar-refractivity contribution in [1.82, 2.24) is 5.32 Å². The molecule has 0 aromatic rings. The van der Waals surface area contributed by atoms with E-state index < -0.39 is 5.54 Å². The zero-order chi connectivity index (χ0) is 18.1. The number of esters is 1. The van der Waals surface area contributed by atoms with Gasteiger partial charge in [-0.2, -0.15) is 5.26 Å². The number of nitriles is 1. The van der Waals surface area contributed by atoms with Crippen LogP contribution in [0.5, 0.6) is 0 Å². The van der Waals surface area contributed by atoms with Gasteiger partial charge in [0.05, 0.1) is 12.0 Å². The number of nitrogens with one attached hydrogen (secondary N) is 1. The third kappa shape index (κ3) is 6.02. The molecular formula is C20H32N2O3. The number of hydrogen-bond acceptors (Lipinski definition) is 4. The van der Waals surface area contributed by atoms with E-state index in [4.69, 9.17) is 4.74 Å². The fourth-order valence-corrected chi connectivity index (χ4v) is 4.16. The van der Waals surface area contributed by atoms with Crippen LogP contribution in [0.3, 0.4) is 0 Å². The average Bonchev–Trinajstić information content (AvgIpc) is 2.65. The van der Waals surface area contributed by atoms with Gasteiger partial charge in [-0.05, 0) is 44.4 Å². The minimum atomic E-state index is -0.765. The van der Waals surface area contributed by atoms with Crippen molar-refractivity contribution in [3.63, 3.8) is 0 Å². The molecule has 0 atom stereocenters. The molecule has 0 radical (unpaired) electrons. The molecule has 5 nitrogen and oxygen atoms in total. The summed E-state index contributed by atoms with van der Waals surface area (Å²) in [6.45, 7) is 1.94. The molecule has 0 bridgehead atoms. The number of carbonyl (C=O) groups is 2. The Balaban J connectivity index is 1.69. The predicted molar refractivity (Wildman–Crippen MR) is 95.5 cm³/mol. The summed E-state index contributed by atoms with van der Waals surface area (Å²) < 4.78 is 5.23. The molecule has 0 spiro atoms. The maximum Gasteiger partial charge on any atom is 0.309 e. The molecule has 0 saturated heterocycles. The Hall–Kier alpha value is -1.57. The lowest BCUT2D eigenvalue weighted by atomic mass is 9.80. The van der Waals surface area contributed by atoms with Crippen LogP contribution in [-0.2, 0) is 14.3 Å². The molecule has 2 aliphatic carbocycles. The van der Waals surface area contributed by atoms with E-state index in [2.05, 4.69) is 18.3 Å². The van der Waals surface area contributed by atoms with Gasteiger partial charge in [-0.15, -0.1) is 0 Å². The molecule has 2 rings (SSSR count). The highest BCUT2D eigenvalue weighted by Gasteiger charge is 2.34. The lowest BCUT2D eigenvalue weighted by molar-refractivity contribution is -0.154. The van der Waals surface area contributed by atoms with E-state index >= 15 is 0 Å². The molecule has 2 fully saturated rings. The fraction of sp³-hybridized carbons (Fsp3) is 0.850. The Morgan fingerprint density at radius 2 is 1.84 bits per heavy atom. The highest BCUT2D eigenvalue weighted by Crippen LogP contribution is 2.32. The number of nitrogens with zero attached hydrogens (tertiary/aromatic N) is 1. The fourth-order valence-electron chi connectivity index (χ4n) is 4.16. The van der Waals surface area contributed by atoms with E-state index in [1.165, 1.54) is 19.3 Å². The predicted octanol–water partition coefficient (Wildman–Crippen LogP) is 3.87. The molecule has 5 heteroatoms. The van der Waals surface area contributed by atoms with Crippen LogP contribution in [0.25, 0.3) is 0 Å². The smallest absolute Gasteiger partial charge is 0.309 e. The molecule has 0 aliphatic heterocycles. The second-order valence-electron chi connectivity index (χ2n) is 7.77. The molecule has 0 heterocycles. The van der Waals surface area contributed by atoms with Crippen molar-refractivity contribution in [2.75, 3.05) is 6.61 Å². The molecule has 0 aromatic carbocycles. The topological polar surface area (TPSA) is 79.2 Å². The SMILES string of the molecule is CCCCC1CCC(C(=O)OCC(=O)NC2(C#N)CCCCC2)CC1. The molecular weight excluding hydrogens is 316 g/mol. The number of hydrogen-bond donors (Lipinski definition) is 1. The van der Waals surface area contributed by atoms with Gasteiger partial charge in [0, 0.05) is 0 Å². The molecule has 0 unspecified atom stereocenters. The van der Waals surface area contributed by atoms with Gasteiger partial charge in [0.1, 0.15) is 5.54 Å². The van der Waals surface area contributed by atoms with Gasteiger partial charge in [-0.25, -0.2) is 0 Å². The molecule has 2 saturated carbocycles. The molecule has 1 N–H and O–H groups in total. The van der Waals surface area contributed by atoms with Crippen LogP contribution in [0.1, 0.15) is 84.0 Å². The van der Waals surface area contributed by atoms with Crippen LogP contribution in [0.4, 0.5) is 0 Å². The Kier molecular flexibility index (Phi) is 7.74. The minimum absolute atomic E-state index is 0.0646. The van der Waals surface area contributed by atoms with Crippen molar-refractivity contribution >= 4 is 11.9 Å². The normalized spacial score (nSPS) is 25.6. The van der Waals surface area contributed by atoms with Crippen LogP contribution in [-0.4, -0.2) is 24.0 Å². The molecule has 2 aliphatic rings. The van der Waals surface area contributed by atoms with E-state index in [9.17, 15) is 14.9 Å². The highest BCUT2D eigenvalue weighted by molar-refractivity contribution is 5.82. The van der Waals surface area contributed by atoms with Gasteiger partial charge in [0.25, 0.3) is 5.91 Å². The summed E-state index contributed by atoms with van der Waals surface area (Å²) in [6, 6.07) is 2.25. The third-order valence-corrected chi connectivity index (χ3v) is 5.79. The number of unbranched alkanes of at least 4 members (excludes halogenated alkanes) is 1. The maximum atomic E-state index is 12.2.